The van der Waals surface area contributed by atoms with Crippen molar-refractivity contribution in [1.29, 1.82) is 0 Å². The van der Waals surface area contributed by atoms with Crippen LogP contribution >= 0.6 is 0 Å². The number of fused-ring (bicyclic) bond motifs is 1. The van der Waals surface area contributed by atoms with Gasteiger partial charge in [0.15, 0.2) is 0 Å². The van der Waals surface area contributed by atoms with Crippen molar-refractivity contribution >= 4 is 11.0 Å². The lowest BCUT2D eigenvalue weighted by atomic mass is 9.99. The molecule has 1 aromatic heterocycles. The van der Waals surface area contributed by atoms with Crippen molar-refractivity contribution in [3.05, 3.63) is 72.8 Å². The van der Waals surface area contributed by atoms with Crippen LogP contribution in [0.5, 0.6) is 11.5 Å². The second-order valence-electron chi connectivity index (χ2n) is 10.9. The third-order valence-corrected chi connectivity index (χ3v) is 7.89. The molecule has 0 saturated heterocycles. The normalized spacial score (nSPS) is 12.8. The third kappa shape index (κ3) is 7.62. The summed E-state index contributed by atoms with van der Waals surface area (Å²) in [5, 5.41) is 0. The van der Waals surface area contributed by atoms with Gasteiger partial charge >= 0.3 is 0 Å². The lowest BCUT2D eigenvalue weighted by Crippen LogP contribution is -2.12. The quantitative estimate of drug-likeness (QED) is 0.142. The summed E-state index contributed by atoms with van der Waals surface area (Å²) >= 11 is 0. The Hall–Kier alpha value is -3.40. The molecular weight excluding hydrogens is 492 g/mol. The van der Waals surface area contributed by atoms with Gasteiger partial charge in [-0.1, -0.05) is 103 Å². The van der Waals surface area contributed by atoms with Gasteiger partial charge in [0.2, 0.25) is 0 Å². The second kappa shape index (κ2) is 15.4. The topological polar surface area (TPSA) is 44.2 Å². The van der Waals surface area contributed by atoms with Crippen LogP contribution in [0, 0.1) is 11.8 Å². The molecule has 0 aliphatic carbocycles. The van der Waals surface area contributed by atoms with E-state index in [0.29, 0.717) is 25.0 Å². The van der Waals surface area contributed by atoms with Crippen LogP contribution in [0.3, 0.4) is 0 Å². The van der Waals surface area contributed by atoms with Crippen molar-refractivity contribution in [3.8, 4) is 34.0 Å². The van der Waals surface area contributed by atoms with Gasteiger partial charge < -0.3 is 9.47 Å². The fourth-order valence-electron chi connectivity index (χ4n) is 5.16. The summed E-state index contributed by atoms with van der Waals surface area (Å²) in [6, 6.07) is 24.6. The number of nitrogens with zero attached hydrogens (tertiary/aromatic N) is 2. The maximum absolute atomic E-state index is 6.51. The Bertz CT molecular complexity index is 1230. The highest BCUT2D eigenvalue weighted by Crippen LogP contribution is 2.40. The standard InChI is InChI=1S/C36H46N2O2/c1-5-9-17-27(7-3)25-39-33-23-15-11-19-29(33)35-36(38-32-22-14-13-21-31(32)37-35)30-20-12-16-24-34(30)40-26-28(8-4)18-10-6-2/h11-16,19-24,27-28H,5-10,17-18,25-26H2,1-4H3. The van der Waals surface area contributed by atoms with Crippen molar-refractivity contribution in [1.82, 2.24) is 9.97 Å². The smallest absolute Gasteiger partial charge is 0.128 e. The van der Waals surface area contributed by atoms with Crippen LogP contribution < -0.4 is 9.47 Å². The van der Waals surface area contributed by atoms with E-state index in [1.807, 2.05) is 36.4 Å². The molecule has 4 heteroatoms. The number of para-hydroxylation sites is 4. The highest BCUT2D eigenvalue weighted by Gasteiger charge is 2.20. The monoisotopic (exact) mass is 538 g/mol. The van der Waals surface area contributed by atoms with Crippen LogP contribution in [-0.4, -0.2) is 23.2 Å². The predicted molar refractivity (Wildman–Crippen MR) is 168 cm³/mol. The fraction of sp³-hybridized carbons (Fsp3) is 0.444. The zero-order chi connectivity index (χ0) is 28.2. The average molecular weight is 539 g/mol. The molecule has 0 spiro atoms. The lowest BCUT2D eigenvalue weighted by Gasteiger charge is -2.20. The highest BCUT2D eigenvalue weighted by atomic mass is 16.5. The van der Waals surface area contributed by atoms with Crippen molar-refractivity contribution in [2.24, 2.45) is 11.8 Å². The molecule has 0 N–H and O–H groups in total. The van der Waals surface area contributed by atoms with Crippen molar-refractivity contribution < 1.29 is 9.47 Å². The van der Waals surface area contributed by atoms with Crippen LogP contribution in [0.2, 0.25) is 0 Å². The third-order valence-electron chi connectivity index (χ3n) is 7.89. The first-order chi connectivity index (χ1) is 19.7. The number of hydrogen-bond acceptors (Lipinski definition) is 4. The minimum absolute atomic E-state index is 0.545. The summed E-state index contributed by atoms with van der Waals surface area (Å²) < 4.78 is 13.0. The summed E-state index contributed by atoms with van der Waals surface area (Å²) in [4.78, 5) is 10.3. The van der Waals surface area contributed by atoms with Crippen LogP contribution in [0.15, 0.2) is 72.8 Å². The lowest BCUT2D eigenvalue weighted by molar-refractivity contribution is 0.234. The number of benzene rings is 3. The van der Waals surface area contributed by atoms with Crippen molar-refractivity contribution in [2.45, 2.75) is 79.1 Å². The number of ether oxygens (including phenoxy) is 2. The maximum Gasteiger partial charge on any atom is 0.128 e. The molecule has 0 aliphatic rings. The molecule has 40 heavy (non-hydrogen) atoms. The van der Waals surface area contributed by atoms with Gasteiger partial charge in [0.05, 0.1) is 24.2 Å². The summed E-state index contributed by atoms with van der Waals surface area (Å²) in [6.07, 6.45) is 9.51. The highest BCUT2D eigenvalue weighted by molar-refractivity contribution is 5.89. The van der Waals surface area contributed by atoms with E-state index < -0.39 is 0 Å². The molecule has 0 saturated carbocycles. The van der Waals surface area contributed by atoms with Gasteiger partial charge in [-0.3, -0.25) is 0 Å². The fourth-order valence-corrected chi connectivity index (χ4v) is 5.16. The molecule has 3 aromatic carbocycles. The molecule has 0 radical (unpaired) electrons. The molecule has 212 valence electrons. The van der Waals surface area contributed by atoms with Gasteiger partial charge in [0, 0.05) is 11.1 Å². The van der Waals surface area contributed by atoms with Crippen LogP contribution in [0.25, 0.3) is 33.5 Å². The van der Waals surface area contributed by atoms with Crippen molar-refractivity contribution in [3.63, 3.8) is 0 Å². The molecule has 4 nitrogen and oxygen atoms in total. The molecule has 0 fully saturated rings. The van der Waals surface area contributed by atoms with E-state index in [0.717, 1.165) is 57.9 Å². The number of unbranched alkanes of at least 4 members (excludes halogenated alkanes) is 2. The molecule has 2 atom stereocenters. The van der Waals surface area contributed by atoms with E-state index in [1.165, 1.54) is 38.5 Å². The van der Waals surface area contributed by atoms with Crippen molar-refractivity contribution in [2.75, 3.05) is 13.2 Å². The van der Waals surface area contributed by atoms with E-state index in [4.69, 9.17) is 19.4 Å². The van der Waals surface area contributed by atoms with E-state index >= 15 is 0 Å². The Kier molecular flexibility index (Phi) is 11.4. The maximum atomic E-state index is 6.51. The summed E-state index contributed by atoms with van der Waals surface area (Å²) in [6.45, 7) is 10.4. The van der Waals surface area contributed by atoms with E-state index in [9.17, 15) is 0 Å². The Morgan fingerprint density at radius 2 is 0.950 bits per heavy atom. The van der Waals surface area contributed by atoms with Crippen LogP contribution in [0.1, 0.15) is 79.1 Å². The van der Waals surface area contributed by atoms with Gasteiger partial charge in [-0.15, -0.1) is 0 Å². The molecule has 0 bridgehead atoms. The zero-order valence-corrected chi connectivity index (χ0v) is 24.9. The average Bonchev–Trinajstić information content (AvgIpc) is 3.01. The SMILES string of the molecule is CCCCC(CC)COc1ccccc1-c1nc2ccccc2nc1-c1ccccc1OCC(CC)CCCC. The molecule has 1 heterocycles. The predicted octanol–water partition coefficient (Wildman–Crippen LogP) is 10.2. The number of aromatic nitrogens is 2. The number of rotatable bonds is 16. The van der Waals surface area contributed by atoms with E-state index in [-0.39, 0.29) is 0 Å². The molecule has 4 rings (SSSR count). The minimum atomic E-state index is 0.545. The number of hydrogen-bond donors (Lipinski definition) is 0. The first-order valence-electron chi connectivity index (χ1n) is 15.4. The Morgan fingerprint density at radius 3 is 1.35 bits per heavy atom. The van der Waals surface area contributed by atoms with E-state index in [2.05, 4.69) is 64.1 Å². The van der Waals surface area contributed by atoms with Crippen LogP contribution in [0.4, 0.5) is 0 Å². The first kappa shape index (κ1) is 29.6. The minimum Gasteiger partial charge on any atom is -0.493 e. The Balaban J connectivity index is 1.74. The first-order valence-corrected chi connectivity index (χ1v) is 15.4. The van der Waals surface area contributed by atoms with Gasteiger partial charge in [0.1, 0.15) is 22.9 Å². The summed E-state index contributed by atoms with van der Waals surface area (Å²) in [5.41, 5.74) is 5.31. The molecular formula is C36H46N2O2. The molecule has 2 unspecified atom stereocenters. The Labute approximate surface area is 241 Å². The van der Waals surface area contributed by atoms with Gasteiger partial charge in [-0.25, -0.2) is 9.97 Å². The summed E-state index contributed by atoms with van der Waals surface area (Å²) in [7, 11) is 0. The van der Waals surface area contributed by atoms with E-state index in [1.54, 1.807) is 0 Å². The van der Waals surface area contributed by atoms with Gasteiger partial charge in [-0.05, 0) is 61.1 Å². The molecule has 4 aromatic rings. The largest absolute Gasteiger partial charge is 0.493 e. The van der Waals surface area contributed by atoms with Crippen LogP contribution in [-0.2, 0) is 0 Å². The molecule has 0 amide bonds. The Morgan fingerprint density at radius 1 is 0.550 bits per heavy atom. The second-order valence-corrected chi connectivity index (χ2v) is 10.9. The molecule has 0 aliphatic heterocycles. The zero-order valence-electron chi connectivity index (χ0n) is 24.9. The van der Waals surface area contributed by atoms with Gasteiger partial charge in [-0.2, -0.15) is 0 Å². The summed E-state index contributed by atoms with van der Waals surface area (Å²) in [5.74, 6) is 2.80. The van der Waals surface area contributed by atoms with Gasteiger partial charge in [0.25, 0.3) is 0 Å².